The average molecular weight is 183 g/mol. The van der Waals surface area contributed by atoms with E-state index in [4.69, 9.17) is 0 Å². The molecule has 0 N–H and O–H groups in total. The van der Waals surface area contributed by atoms with E-state index in [1.807, 2.05) is 0 Å². The number of esters is 1. The Balaban J connectivity index is 3.15. The highest BCUT2D eigenvalue weighted by molar-refractivity contribution is 5.90. The first-order valence-corrected chi connectivity index (χ1v) is 3.38. The molecule has 0 saturated carbocycles. The summed E-state index contributed by atoms with van der Waals surface area (Å²) in [7, 11) is 1.17. The fourth-order valence-corrected chi connectivity index (χ4v) is 0.813. The summed E-state index contributed by atoms with van der Waals surface area (Å²) in [6, 6.07) is 2.06. The lowest BCUT2D eigenvalue weighted by Gasteiger charge is -1.98. The molecule has 0 unspecified atom stereocenters. The second-order valence-electron chi connectivity index (χ2n) is 2.21. The van der Waals surface area contributed by atoms with E-state index in [0.717, 1.165) is 12.1 Å². The van der Waals surface area contributed by atoms with Gasteiger partial charge in [-0.2, -0.15) is 4.39 Å². The molecule has 1 heterocycles. The number of rotatable bonds is 2. The van der Waals surface area contributed by atoms with E-state index in [0.29, 0.717) is 6.29 Å². The van der Waals surface area contributed by atoms with E-state index in [-0.39, 0.29) is 11.3 Å². The molecular formula is C8H6FNO3. The number of halogens is 1. The Hall–Kier alpha value is -1.78. The van der Waals surface area contributed by atoms with Crippen molar-refractivity contribution in [2.75, 3.05) is 7.11 Å². The molecule has 0 aromatic carbocycles. The fourth-order valence-electron chi connectivity index (χ4n) is 0.813. The van der Waals surface area contributed by atoms with Gasteiger partial charge in [0.1, 0.15) is 5.69 Å². The van der Waals surface area contributed by atoms with Crippen LogP contribution in [-0.2, 0) is 4.74 Å². The first-order valence-electron chi connectivity index (χ1n) is 3.38. The summed E-state index contributed by atoms with van der Waals surface area (Å²) < 4.78 is 17.0. The third-order valence-electron chi connectivity index (χ3n) is 1.36. The number of pyridine rings is 1. The van der Waals surface area contributed by atoms with Gasteiger partial charge in [0.2, 0.25) is 5.95 Å². The highest BCUT2D eigenvalue weighted by Gasteiger charge is 2.09. The van der Waals surface area contributed by atoms with E-state index in [1.54, 1.807) is 0 Å². The standard InChI is InChI=1S/C8H6FNO3/c1-13-8(12)5-2-6(4-11)10-7(9)3-5/h2-4H,1H3. The summed E-state index contributed by atoms with van der Waals surface area (Å²) >= 11 is 0. The Kier molecular flexibility index (Phi) is 2.69. The van der Waals surface area contributed by atoms with Gasteiger partial charge in [0, 0.05) is 6.07 Å². The van der Waals surface area contributed by atoms with E-state index < -0.39 is 11.9 Å². The molecule has 1 aromatic rings. The molecule has 0 atom stereocenters. The molecule has 0 spiro atoms. The van der Waals surface area contributed by atoms with Gasteiger partial charge in [-0.15, -0.1) is 0 Å². The van der Waals surface area contributed by atoms with Crippen molar-refractivity contribution in [3.05, 3.63) is 29.3 Å². The normalized spacial score (nSPS) is 9.38. The smallest absolute Gasteiger partial charge is 0.338 e. The van der Waals surface area contributed by atoms with Gasteiger partial charge in [-0.3, -0.25) is 4.79 Å². The molecular weight excluding hydrogens is 177 g/mol. The maximum Gasteiger partial charge on any atom is 0.338 e. The minimum absolute atomic E-state index is 0.0305. The maximum atomic E-state index is 12.6. The second-order valence-corrected chi connectivity index (χ2v) is 2.21. The van der Waals surface area contributed by atoms with Gasteiger partial charge >= 0.3 is 5.97 Å². The summed E-state index contributed by atoms with van der Waals surface area (Å²) in [6.45, 7) is 0. The number of nitrogens with zero attached hydrogens (tertiary/aromatic N) is 1. The Bertz CT molecular complexity index is 351. The van der Waals surface area contributed by atoms with E-state index in [2.05, 4.69) is 9.72 Å². The quantitative estimate of drug-likeness (QED) is 0.387. The molecule has 0 amide bonds. The predicted octanol–water partition coefficient (Wildman–Crippen LogP) is 0.820. The molecule has 68 valence electrons. The van der Waals surface area contributed by atoms with Crippen molar-refractivity contribution in [2.45, 2.75) is 0 Å². The Morgan fingerprint density at radius 1 is 1.62 bits per heavy atom. The molecule has 0 saturated heterocycles. The Labute approximate surface area is 73.3 Å². The molecule has 0 radical (unpaired) electrons. The van der Waals surface area contributed by atoms with Gasteiger partial charge in [0.15, 0.2) is 6.29 Å². The fraction of sp³-hybridized carbons (Fsp3) is 0.125. The minimum Gasteiger partial charge on any atom is -0.465 e. The zero-order chi connectivity index (χ0) is 9.84. The molecule has 0 aliphatic carbocycles. The van der Waals surface area contributed by atoms with Crippen molar-refractivity contribution in [2.24, 2.45) is 0 Å². The van der Waals surface area contributed by atoms with Crippen LogP contribution in [-0.4, -0.2) is 24.3 Å². The topological polar surface area (TPSA) is 56.3 Å². The SMILES string of the molecule is COC(=O)c1cc(F)nc(C=O)c1. The third-order valence-corrected chi connectivity index (χ3v) is 1.36. The van der Waals surface area contributed by atoms with Crippen LogP contribution in [0.1, 0.15) is 20.8 Å². The molecule has 1 aromatic heterocycles. The van der Waals surface area contributed by atoms with Crippen LogP contribution in [0.2, 0.25) is 0 Å². The first-order chi connectivity index (χ1) is 6.17. The summed E-state index contributed by atoms with van der Waals surface area (Å²) in [4.78, 5) is 24.4. The minimum atomic E-state index is -0.884. The number of aldehydes is 1. The zero-order valence-corrected chi connectivity index (χ0v) is 6.78. The molecule has 13 heavy (non-hydrogen) atoms. The molecule has 4 nitrogen and oxygen atoms in total. The highest BCUT2D eigenvalue weighted by atomic mass is 19.1. The van der Waals surface area contributed by atoms with Crippen LogP contribution in [0, 0.1) is 5.95 Å². The maximum absolute atomic E-state index is 12.6. The van der Waals surface area contributed by atoms with Crippen molar-refractivity contribution < 1.29 is 18.7 Å². The van der Waals surface area contributed by atoms with E-state index in [9.17, 15) is 14.0 Å². The van der Waals surface area contributed by atoms with Crippen molar-refractivity contribution in [1.29, 1.82) is 0 Å². The van der Waals surface area contributed by atoms with E-state index in [1.165, 1.54) is 7.11 Å². The van der Waals surface area contributed by atoms with Gasteiger partial charge < -0.3 is 4.74 Å². The Morgan fingerprint density at radius 2 is 2.31 bits per heavy atom. The lowest BCUT2D eigenvalue weighted by molar-refractivity contribution is 0.0600. The summed E-state index contributed by atoms with van der Waals surface area (Å²) in [5, 5.41) is 0. The van der Waals surface area contributed by atoms with Crippen LogP contribution in [0.25, 0.3) is 0 Å². The largest absolute Gasteiger partial charge is 0.465 e. The van der Waals surface area contributed by atoms with Gasteiger partial charge in [0.25, 0.3) is 0 Å². The molecule has 0 aliphatic heterocycles. The van der Waals surface area contributed by atoms with Crippen LogP contribution >= 0.6 is 0 Å². The number of methoxy groups -OCH3 is 1. The molecule has 0 aliphatic rings. The summed E-state index contributed by atoms with van der Waals surface area (Å²) in [5.74, 6) is -1.59. The molecule has 5 heteroatoms. The summed E-state index contributed by atoms with van der Waals surface area (Å²) in [5.41, 5.74) is -0.169. The molecule has 0 fully saturated rings. The number of aromatic nitrogens is 1. The lowest BCUT2D eigenvalue weighted by atomic mass is 10.2. The van der Waals surface area contributed by atoms with Crippen molar-refractivity contribution in [3.63, 3.8) is 0 Å². The predicted molar refractivity (Wildman–Crippen MR) is 40.9 cm³/mol. The van der Waals surface area contributed by atoms with Crippen LogP contribution in [0.5, 0.6) is 0 Å². The van der Waals surface area contributed by atoms with Gasteiger partial charge in [0.05, 0.1) is 12.7 Å². The molecule has 0 bridgehead atoms. The van der Waals surface area contributed by atoms with Crippen molar-refractivity contribution >= 4 is 12.3 Å². The van der Waals surface area contributed by atoms with Crippen molar-refractivity contribution in [1.82, 2.24) is 4.98 Å². The average Bonchev–Trinajstić information content (AvgIpc) is 2.15. The van der Waals surface area contributed by atoms with E-state index >= 15 is 0 Å². The number of hydrogen-bond acceptors (Lipinski definition) is 4. The number of carbonyl (C=O) groups excluding carboxylic acids is 2. The highest BCUT2D eigenvalue weighted by Crippen LogP contribution is 2.05. The third kappa shape index (κ3) is 2.08. The summed E-state index contributed by atoms with van der Waals surface area (Å²) in [6.07, 6.45) is 0.357. The molecule has 1 rings (SSSR count). The van der Waals surface area contributed by atoms with Crippen LogP contribution < -0.4 is 0 Å². The monoisotopic (exact) mass is 183 g/mol. The second kappa shape index (κ2) is 3.75. The van der Waals surface area contributed by atoms with Gasteiger partial charge in [-0.25, -0.2) is 9.78 Å². The number of hydrogen-bond donors (Lipinski definition) is 0. The van der Waals surface area contributed by atoms with Crippen LogP contribution in [0.3, 0.4) is 0 Å². The first kappa shape index (κ1) is 9.31. The van der Waals surface area contributed by atoms with Crippen LogP contribution in [0.15, 0.2) is 12.1 Å². The zero-order valence-electron chi connectivity index (χ0n) is 6.78. The van der Waals surface area contributed by atoms with Gasteiger partial charge in [-0.1, -0.05) is 0 Å². The number of carbonyl (C=O) groups is 2. The number of ether oxygens (including phenoxy) is 1. The Morgan fingerprint density at radius 3 is 2.85 bits per heavy atom. The van der Waals surface area contributed by atoms with Crippen LogP contribution in [0.4, 0.5) is 4.39 Å². The van der Waals surface area contributed by atoms with Crippen molar-refractivity contribution in [3.8, 4) is 0 Å². The lowest BCUT2D eigenvalue weighted by Crippen LogP contribution is -2.04. The van der Waals surface area contributed by atoms with Gasteiger partial charge in [-0.05, 0) is 6.07 Å².